The Labute approximate surface area is 156 Å². The second-order valence-corrected chi connectivity index (χ2v) is 6.99. The number of hydrogen-bond acceptors (Lipinski definition) is 6. The van der Waals surface area contributed by atoms with Crippen LogP contribution in [-0.2, 0) is 14.8 Å². The monoisotopic (exact) mass is 381 g/mol. The number of carbonyl (C=O) groups is 1. The quantitative estimate of drug-likeness (QED) is 0.634. The standard InChI is InChI=1S/C18H15N5O3S/c24-17(7-2-14-8-12-19-13-9-14)22-15-3-5-16(6-4-15)27(25,26)23-18-20-10-1-11-21-18/h1-13H,(H,22,24)(H,20,21,23)/b7-2+. The third kappa shape index (κ3) is 5.19. The molecule has 1 amide bonds. The number of benzene rings is 1. The van der Waals surface area contributed by atoms with Gasteiger partial charge in [0.2, 0.25) is 11.9 Å². The number of rotatable bonds is 6. The minimum atomic E-state index is -3.81. The summed E-state index contributed by atoms with van der Waals surface area (Å²) in [5.74, 6) is -0.352. The van der Waals surface area contributed by atoms with E-state index in [9.17, 15) is 13.2 Å². The van der Waals surface area contributed by atoms with E-state index < -0.39 is 10.0 Å². The number of hydrogen-bond donors (Lipinski definition) is 2. The lowest BCUT2D eigenvalue weighted by Crippen LogP contribution is -2.15. The fourth-order valence-corrected chi connectivity index (χ4v) is 3.04. The fourth-order valence-electron chi connectivity index (χ4n) is 2.08. The summed E-state index contributed by atoms with van der Waals surface area (Å²) in [5, 5.41) is 2.66. The molecule has 0 saturated heterocycles. The van der Waals surface area contributed by atoms with Crippen LogP contribution in [0, 0.1) is 0 Å². The Bertz CT molecular complexity index is 1040. The van der Waals surface area contributed by atoms with E-state index in [0.717, 1.165) is 5.56 Å². The van der Waals surface area contributed by atoms with Crippen LogP contribution in [0.3, 0.4) is 0 Å². The molecule has 3 rings (SSSR count). The third-order valence-corrected chi connectivity index (χ3v) is 4.70. The number of amides is 1. The highest BCUT2D eigenvalue weighted by Crippen LogP contribution is 2.16. The highest BCUT2D eigenvalue weighted by molar-refractivity contribution is 7.92. The van der Waals surface area contributed by atoms with Gasteiger partial charge >= 0.3 is 0 Å². The first-order valence-electron chi connectivity index (χ1n) is 7.82. The Morgan fingerprint density at radius 1 is 0.926 bits per heavy atom. The Morgan fingerprint density at radius 3 is 2.26 bits per heavy atom. The minimum absolute atomic E-state index is 0.0175. The maximum atomic E-state index is 12.3. The van der Waals surface area contributed by atoms with Gasteiger partial charge in [0.15, 0.2) is 0 Å². The van der Waals surface area contributed by atoms with Gasteiger partial charge in [-0.2, -0.15) is 0 Å². The van der Waals surface area contributed by atoms with Crippen molar-refractivity contribution in [3.8, 4) is 0 Å². The maximum absolute atomic E-state index is 12.3. The summed E-state index contributed by atoms with van der Waals surface area (Å²) < 4.78 is 26.9. The van der Waals surface area contributed by atoms with Gasteiger partial charge in [-0.1, -0.05) is 0 Å². The lowest BCUT2D eigenvalue weighted by Gasteiger charge is -2.07. The first-order valence-corrected chi connectivity index (χ1v) is 9.30. The number of sulfonamides is 1. The molecule has 0 saturated carbocycles. The highest BCUT2D eigenvalue weighted by Gasteiger charge is 2.15. The maximum Gasteiger partial charge on any atom is 0.264 e. The molecule has 0 fully saturated rings. The average molecular weight is 381 g/mol. The van der Waals surface area contributed by atoms with Gasteiger partial charge in [-0.3, -0.25) is 9.78 Å². The molecule has 27 heavy (non-hydrogen) atoms. The second-order valence-electron chi connectivity index (χ2n) is 5.31. The molecule has 0 radical (unpaired) electrons. The molecule has 0 aliphatic heterocycles. The van der Waals surface area contributed by atoms with E-state index in [0.29, 0.717) is 5.69 Å². The molecular formula is C18H15N5O3S. The smallest absolute Gasteiger partial charge is 0.264 e. The van der Waals surface area contributed by atoms with Crippen LogP contribution in [0.4, 0.5) is 11.6 Å². The molecule has 0 atom stereocenters. The third-order valence-electron chi connectivity index (χ3n) is 3.36. The summed E-state index contributed by atoms with van der Waals surface area (Å²) in [4.78, 5) is 23.5. The van der Waals surface area contributed by atoms with Crippen molar-refractivity contribution in [1.29, 1.82) is 0 Å². The van der Waals surface area contributed by atoms with Gasteiger partial charge in [0.25, 0.3) is 10.0 Å². The number of pyridine rings is 1. The van der Waals surface area contributed by atoms with Crippen LogP contribution >= 0.6 is 0 Å². The molecular weight excluding hydrogens is 366 g/mol. The molecule has 1 aromatic carbocycles. The number of nitrogens with one attached hydrogen (secondary N) is 2. The summed E-state index contributed by atoms with van der Waals surface area (Å²) in [7, 11) is -3.81. The molecule has 0 unspecified atom stereocenters. The lowest BCUT2D eigenvalue weighted by atomic mass is 10.2. The number of nitrogens with zero attached hydrogens (tertiary/aromatic N) is 3. The van der Waals surface area contributed by atoms with Crippen LogP contribution in [0.5, 0.6) is 0 Å². The molecule has 0 aliphatic rings. The van der Waals surface area contributed by atoms with Crippen molar-refractivity contribution in [3.05, 3.63) is 78.9 Å². The van der Waals surface area contributed by atoms with Crippen LogP contribution in [0.1, 0.15) is 5.56 Å². The zero-order valence-corrected chi connectivity index (χ0v) is 14.8. The second kappa shape index (κ2) is 8.19. The Balaban J connectivity index is 1.64. The minimum Gasteiger partial charge on any atom is -0.323 e. The van der Waals surface area contributed by atoms with Crippen LogP contribution in [0.15, 0.2) is 78.2 Å². The first kappa shape index (κ1) is 18.2. The largest absolute Gasteiger partial charge is 0.323 e. The van der Waals surface area contributed by atoms with E-state index in [1.54, 1.807) is 36.7 Å². The van der Waals surface area contributed by atoms with Gasteiger partial charge in [0, 0.05) is 36.6 Å². The predicted octanol–water partition coefficient (Wildman–Crippen LogP) is 2.32. The van der Waals surface area contributed by atoms with Crippen molar-refractivity contribution in [2.24, 2.45) is 0 Å². The van der Waals surface area contributed by atoms with E-state index in [1.165, 1.54) is 42.7 Å². The van der Waals surface area contributed by atoms with Gasteiger partial charge in [-0.25, -0.2) is 23.1 Å². The molecule has 0 aliphatic carbocycles. The Kier molecular flexibility index (Phi) is 5.53. The van der Waals surface area contributed by atoms with E-state index in [-0.39, 0.29) is 16.8 Å². The average Bonchev–Trinajstić information content (AvgIpc) is 2.68. The summed E-state index contributed by atoms with van der Waals surface area (Å²) in [6.45, 7) is 0. The predicted molar refractivity (Wildman–Crippen MR) is 101 cm³/mol. The Hall–Kier alpha value is -3.59. The van der Waals surface area contributed by atoms with Crippen molar-refractivity contribution >= 4 is 33.6 Å². The molecule has 9 heteroatoms. The molecule has 8 nitrogen and oxygen atoms in total. The molecule has 3 aromatic rings. The SMILES string of the molecule is O=C(/C=C/c1ccncc1)Nc1ccc(S(=O)(=O)Nc2ncccn2)cc1. The van der Waals surface area contributed by atoms with Crippen LogP contribution in [0.2, 0.25) is 0 Å². The number of anilines is 2. The van der Waals surface area contributed by atoms with Crippen molar-refractivity contribution in [1.82, 2.24) is 15.0 Å². The van der Waals surface area contributed by atoms with Crippen molar-refractivity contribution in [2.45, 2.75) is 4.90 Å². The molecule has 0 spiro atoms. The van der Waals surface area contributed by atoms with Crippen LogP contribution in [0.25, 0.3) is 6.08 Å². The first-order chi connectivity index (χ1) is 13.0. The van der Waals surface area contributed by atoms with Gasteiger partial charge in [-0.15, -0.1) is 0 Å². The van der Waals surface area contributed by atoms with Crippen molar-refractivity contribution in [3.63, 3.8) is 0 Å². The van der Waals surface area contributed by atoms with Crippen LogP contribution in [-0.4, -0.2) is 29.3 Å². The van der Waals surface area contributed by atoms with E-state index >= 15 is 0 Å². The molecule has 0 bridgehead atoms. The van der Waals surface area contributed by atoms with Gasteiger partial charge in [0.1, 0.15) is 0 Å². The van der Waals surface area contributed by atoms with E-state index in [4.69, 9.17) is 0 Å². The van der Waals surface area contributed by atoms with Gasteiger partial charge < -0.3 is 5.32 Å². The topological polar surface area (TPSA) is 114 Å². The zero-order valence-electron chi connectivity index (χ0n) is 14.0. The molecule has 2 aromatic heterocycles. The molecule has 2 heterocycles. The van der Waals surface area contributed by atoms with Crippen LogP contribution < -0.4 is 10.0 Å². The zero-order chi connectivity index (χ0) is 19.1. The number of aromatic nitrogens is 3. The summed E-state index contributed by atoms with van der Waals surface area (Å²) >= 11 is 0. The Morgan fingerprint density at radius 2 is 1.59 bits per heavy atom. The molecule has 136 valence electrons. The van der Waals surface area contributed by atoms with Gasteiger partial charge in [0.05, 0.1) is 4.90 Å². The number of carbonyl (C=O) groups excluding carboxylic acids is 1. The van der Waals surface area contributed by atoms with Crippen molar-refractivity contribution < 1.29 is 13.2 Å². The fraction of sp³-hybridized carbons (Fsp3) is 0. The molecule has 2 N–H and O–H groups in total. The van der Waals surface area contributed by atoms with E-state index in [2.05, 4.69) is 25.0 Å². The highest BCUT2D eigenvalue weighted by atomic mass is 32.2. The van der Waals surface area contributed by atoms with Gasteiger partial charge in [-0.05, 0) is 54.1 Å². The van der Waals surface area contributed by atoms with E-state index in [1.807, 2.05) is 0 Å². The lowest BCUT2D eigenvalue weighted by molar-refractivity contribution is -0.111. The summed E-state index contributed by atoms with van der Waals surface area (Å²) in [5.41, 5.74) is 1.31. The summed E-state index contributed by atoms with van der Waals surface area (Å²) in [6, 6.07) is 10.9. The normalized spacial score (nSPS) is 11.3. The summed E-state index contributed by atoms with van der Waals surface area (Å²) in [6.07, 6.45) is 9.16. The van der Waals surface area contributed by atoms with Crippen molar-refractivity contribution in [2.75, 3.05) is 10.0 Å².